The molecule has 22 heavy (non-hydrogen) atoms. The fraction of sp³-hybridized carbons (Fsp3) is 0.611. The highest BCUT2D eigenvalue weighted by Crippen LogP contribution is 2.35. The summed E-state index contributed by atoms with van der Waals surface area (Å²) in [5.74, 6) is 0. The molecule has 0 spiro atoms. The molecule has 1 unspecified atom stereocenters. The van der Waals surface area contributed by atoms with Gasteiger partial charge in [0.25, 0.3) is 0 Å². The average molecular weight is 305 g/mol. The third-order valence-electron chi connectivity index (χ3n) is 4.02. The molecule has 1 aromatic carbocycles. The number of carbonyl (C=O) groups is 1. The monoisotopic (exact) mass is 305 g/mol. The molecule has 0 aromatic heterocycles. The third kappa shape index (κ3) is 3.43. The van der Waals surface area contributed by atoms with Gasteiger partial charge >= 0.3 is 6.09 Å². The van der Waals surface area contributed by atoms with Crippen molar-refractivity contribution in [1.82, 2.24) is 4.90 Å². The van der Waals surface area contributed by atoms with E-state index in [1.807, 2.05) is 45.9 Å². The normalized spacial score (nSPS) is 18.9. The molecule has 4 nitrogen and oxygen atoms in total. The molecule has 1 aromatic rings. The van der Waals surface area contributed by atoms with Crippen molar-refractivity contribution in [2.45, 2.75) is 65.2 Å². The van der Waals surface area contributed by atoms with E-state index in [9.17, 15) is 9.90 Å². The lowest BCUT2D eigenvalue weighted by atomic mass is 9.84. The second-order valence-electron chi connectivity index (χ2n) is 7.53. The number of amides is 1. The standard InChI is InChI=1S/C18H27NO3/c1-12-13-8-7-9-15(18(5,6)21)14(13)10-11-19(12)16(20)22-17(2,3)4/h7-9,12,21H,10-11H2,1-6H3. The molecule has 1 N–H and O–H groups in total. The minimum atomic E-state index is -0.876. The number of aliphatic hydroxyl groups is 1. The number of hydrogen-bond acceptors (Lipinski definition) is 3. The van der Waals surface area contributed by atoms with Crippen molar-refractivity contribution in [2.24, 2.45) is 0 Å². The number of carbonyl (C=O) groups excluding carboxylic acids is 1. The van der Waals surface area contributed by atoms with E-state index >= 15 is 0 Å². The van der Waals surface area contributed by atoms with E-state index in [0.717, 1.165) is 23.1 Å². The molecule has 2 rings (SSSR count). The van der Waals surface area contributed by atoms with E-state index in [4.69, 9.17) is 4.74 Å². The SMILES string of the molecule is CC1c2cccc(C(C)(C)O)c2CCN1C(=O)OC(C)(C)C. The maximum Gasteiger partial charge on any atom is 0.410 e. The van der Waals surface area contributed by atoms with Gasteiger partial charge < -0.3 is 14.7 Å². The van der Waals surface area contributed by atoms with E-state index in [0.29, 0.717) is 6.54 Å². The van der Waals surface area contributed by atoms with Crippen molar-refractivity contribution >= 4 is 6.09 Å². The summed E-state index contributed by atoms with van der Waals surface area (Å²) in [5, 5.41) is 10.4. The molecule has 1 amide bonds. The lowest BCUT2D eigenvalue weighted by Crippen LogP contribution is -2.42. The molecule has 0 aliphatic carbocycles. The lowest BCUT2D eigenvalue weighted by Gasteiger charge is -2.38. The summed E-state index contributed by atoms with van der Waals surface area (Å²) in [6.07, 6.45) is 0.457. The predicted molar refractivity (Wildman–Crippen MR) is 86.7 cm³/mol. The highest BCUT2D eigenvalue weighted by Gasteiger charge is 2.33. The van der Waals surface area contributed by atoms with Crippen LogP contribution in [-0.2, 0) is 16.8 Å². The molecular weight excluding hydrogens is 278 g/mol. The van der Waals surface area contributed by atoms with Gasteiger partial charge in [0.15, 0.2) is 0 Å². The Morgan fingerprint density at radius 3 is 2.45 bits per heavy atom. The van der Waals surface area contributed by atoms with Crippen LogP contribution in [0.15, 0.2) is 18.2 Å². The van der Waals surface area contributed by atoms with Gasteiger partial charge in [0.2, 0.25) is 0 Å². The molecule has 4 heteroatoms. The Balaban J connectivity index is 2.32. The van der Waals surface area contributed by atoms with Crippen molar-refractivity contribution < 1.29 is 14.6 Å². The van der Waals surface area contributed by atoms with Crippen LogP contribution >= 0.6 is 0 Å². The summed E-state index contributed by atoms with van der Waals surface area (Å²) in [5.41, 5.74) is 1.82. The molecule has 0 fully saturated rings. The lowest BCUT2D eigenvalue weighted by molar-refractivity contribution is 0.0157. The molecule has 1 heterocycles. The molecule has 1 aliphatic heterocycles. The predicted octanol–water partition coefficient (Wildman–Crippen LogP) is 3.77. The molecule has 0 radical (unpaired) electrons. The van der Waals surface area contributed by atoms with E-state index in [1.54, 1.807) is 18.7 Å². The van der Waals surface area contributed by atoms with Crippen molar-refractivity contribution in [1.29, 1.82) is 0 Å². The van der Waals surface area contributed by atoms with Gasteiger partial charge in [-0.15, -0.1) is 0 Å². The topological polar surface area (TPSA) is 49.8 Å². The van der Waals surface area contributed by atoms with E-state index in [-0.39, 0.29) is 12.1 Å². The van der Waals surface area contributed by atoms with Crippen LogP contribution in [-0.4, -0.2) is 28.2 Å². The summed E-state index contributed by atoms with van der Waals surface area (Å²) >= 11 is 0. The molecule has 0 saturated heterocycles. The molecule has 122 valence electrons. The number of benzene rings is 1. The van der Waals surface area contributed by atoms with Gasteiger partial charge in [-0.25, -0.2) is 4.79 Å². The van der Waals surface area contributed by atoms with Crippen LogP contribution in [0.25, 0.3) is 0 Å². The zero-order valence-electron chi connectivity index (χ0n) is 14.4. The third-order valence-corrected chi connectivity index (χ3v) is 4.02. The molecular formula is C18H27NO3. The van der Waals surface area contributed by atoms with Crippen LogP contribution in [0, 0.1) is 0 Å². The van der Waals surface area contributed by atoms with Gasteiger partial charge in [0.1, 0.15) is 5.60 Å². The molecule has 1 atom stereocenters. The van der Waals surface area contributed by atoms with E-state index < -0.39 is 11.2 Å². The van der Waals surface area contributed by atoms with Crippen LogP contribution in [0.2, 0.25) is 0 Å². The van der Waals surface area contributed by atoms with Crippen LogP contribution < -0.4 is 0 Å². The summed E-state index contributed by atoms with van der Waals surface area (Å²) < 4.78 is 5.50. The summed E-state index contributed by atoms with van der Waals surface area (Å²) in [4.78, 5) is 14.1. The summed E-state index contributed by atoms with van der Waals surface area (Å²) in [6, 6.07) is 5.89. The Morgan fingerprint density at radius 2 is 1.91 bits per heavy atom. The van der Waals surface area contributed by atoms with Crippen LogP contribution in [0.1, 0.15) is 64.3 Å². The maximum atomic E-state index is 12.4. The van der Waals surface area contributed by atoms with Gasteiger partial charge in [-0.3, -0.25) is 0 Å². The fourth-order valence-electron chi connectivity index (χ4n) is 3.01. The van der Waals surface area contributed by atoms with Crippen LogP contribution in [0.3, 0.4) is 0 Å². The van der Waals surface area contributed by atoms with Crippen LogP contribution in [0.4, 0.5) is 4.79 Å². The first-order valence-corrected chi connectivity index (χ1v) is 7.85. The molecule has 1 aliphatic rings. The van der Waals surface area contributed by atoms with Crippen molar-refractivity contribution in [3.63, 3.8) is 0 Å². The first-order valence-electron chi connectivity index (χ1n) is 7.85. The Morgan fingerprint density at radius 1 is 1.27 bits per heavy atom. The second kappa shape index (κ2) is 5.58. The highest BCUT2D eigenvalue weighted by atomic mass is 16.6. The fourth-order valence-corrected chi connectivity index (χ4v) is 3.01. The Labute approximate surface area is 133 Å². The first-order chi connectivity index (χ1) is 10.0. The average Bonchev–Trinajstić information content (AvgIpc) is 2.35. The van der Waals surface area contributed by atoms with Crippen LogP contribution in [0.5, 0.6) is 0 Å². The summed E-state index contributed by atoms with van der Waals surface area (Å²) in [7, 11) is 0. The van der Waals surface area contributed by atoms with Gasteiger partial charge in [-0.1, -0.05) is 18.2 Å². The number of hydrogen-bond donors (Lipinski definition) is 1. The van der Waals surface area contributed by atoms with Crippen molar-refractivity contribution in [3.05, 3.63) is 34.9 Å². The smallest absolute Gasteiger partial charge is 0.410 e. The summed E-state index contributed by atoms with van der Waals surface area (Å²) in [6.45, 7) is 11.8. The molecule has 0 bridgehead atoms. The minimum Gasteiger partial charge on any atom is -0.444 e. The van der Waals surface area contributed by atoms with Gasteiger partial charge in [0.05, 0.1) is 11.6 Å². The Hall–Kier alpha value is -1.55. The Kier molecular flexibility index (Phi) is 4.26. The van der Waals surface area contributed by atoms with Gasteiger partial charge in [0, 0.05) is 6.54 Å². The largest absolute Gasteiger partial charge is 0.444 e. The molecule has 0 saturated carbocycles. The first kappa shape index (κ1) is 16.8. The highest BCUT2D eigenvalue weighted by molar-refractivity contribution is 5.69. The number of fused-ring (bicyclic) bond motifs is 1. The van der Waals surface area contributed by atoms with E-state index in [2.05, 4.69) is 0 Å². The maximum absolute atomic E-state index is 12.4. The second-order valence-corrected chi connectivity index (χ2v) is 7.53. The number of ether oxygens (including phenoxy) is 1. The van der Waals surface area contributed by atoms with Crippen molar-refractivity contribution in [3.8, 4) is 0 Å². The Bertz CT molecular complexity index is 567. The zero-order chi connectivity index (χ0) is 16.7. The zero-order valence-corrected chi connectivity index (χ0v) is 14.4. The van der Waals surface area contributed by atoms with Gasteiger partial charge in [-0.05, 0) is 64.7 Å². The quantitative estimate of drug-likeness (QED) is 0.859. The number of nitrogens with zero attached hydrogens (tertiary/aromatic N) is 1. The minimum absolute atomic E-state index is 0.0547. The van der Waals surface area contributed by atoms with Crippen molar-refractivity contribution in [2.75, 3.05) is 6.54 Å². The van der Waals surface area contributed by atoms with Gasteiger partial charge in [-0.2, -0.15) is 0 Å². The number of rotatable bonds is 1. The van der Waals surface area contributed by atoms with E-state index in [1.165, 1.54) is 0 Å².